The molecule has 0 radical (unpaired) electrons. The van der Waals surface area contributed by atoms with Gasteiger partial charge >= 0.3 is 0 Å². The molecule has 154 valence electrons. The van der Waals surface area contributed by atoms with Crippen molar-refractivity contribution in [2.45, 2.75) is 32.2 Å². The fourth-order valence-electron chi connectivity index (χ4n) is 3.81. The van der Waals surface area contributed by atoms with Crippen LogP contribution in [0.25, 0.3) is 0 Å². The van der Waals surface area contributed by atoms with E-state index in [9.17, 15) is 4.79 Å². The first-order chi connectivity index (χ1) is 14.3. The number of hydrogen-bond acceptors (Lipinski definition) is 6. The molecular formula is C22H29N5O2. The van der Waals surface area contributed by atoms with E-state index in [1.54, 1.807) is 6.20 Å². The van der Waals surface area contributed by atoms with Gasteiger partial charge in [-0.3, -0.25) is 9.69 Å². The second-order valence-corrected chi connectivity index (χ2v) is 7.70. The zero-order chi connectivity index (χ0) is 19.9. The molecule has 0 atom stereocenters. The van der Waals surface area contributed by atoms with Gasteiger partial charge in [0.05, 0.1) is 18.8 Å². The van der Waals surface area contributed by atoms with Gasteiger partial charge in [0.15, 0.2) is 0 Å². The molecule has 2 saturated heterocycles. The van der Waals surface area contributed by atoms with Gasteiger partial charge in [0, 0.05) is 45.1 Å². The number of morpholine rings is 1. The summed E-state index contributed by atoms with van der Waals surface area (Å²) in [5.74, 6) is 1.32. The van der Waals surface area contributed by atoms with Crippen LogP contribution in [-0.4, -0.2) is 60.2 Å². The van der Waals surface area contributed by atoms with Crippen LogP contribution in [-0.2, 0) is 11.3 Å². The van der Waals surface area contributed by atoms with Gasteiger partial charge in [-0.25, -0.2) is 9.97 Å². The third kappa shape index (κ3) is 5.52. The molecule has 1 N–H and O–H groups in total. The zero-order valence-electron chi connectivity index (χ0n) is 16.8. The molecule has 4 heterocycles. The Labute approximate surface area is 172 Å². The predicted octanol–water partition coefficient (Wildman–Crippen LogP) is 2.94. The van der Waals surface area contributed by atoms with E-state index in [0.717, 1.165) is 57.3 Å². The number of amides is 1. The van der Waals surface area contributed by atoms with Crippen LogP contribution >= 0.6 is 0 Å². The number of nitrogens with one attached hydrogen (secondary N) is 1. The Morgan fingerprint density at radius 3 is 2.38 bits per heavy atom. The van der Waals surface area contributed by atoms with Crippen LogP contribution in [0.4, 0.5) is 11.6 Å². The second kappa shape index (κ2) is 9.80. The monoisotopic (exact) mass is 395 g/mol. The van der Waals surface area contributed by atoms with Gasteiger partial charge in [0.25, 0.3) is 5.91 Å². The van der Waals surface area contributed by atoms with Crippen LogP contribution in [0.3, 0.4) is 0 Å². The average molecular weight is 396 g/mol. The third-order valence-corrected chi connectivity index (χ3v) is 5.52. The van der Waals surface area contributed by atoms with Crippen molar-refractivity contribution >= 4 is 17.5 Å². The summed E-state index contributed by atoms with van der Waals surface area (Å²) in [7, 11) is 0. The Kier molecular flexibility index (Phi) is 6.69. The highest BCUT2D eigenvalue weighted by Crippen LogP contribution is 2.18. The molecule has 0 aliphatic carbocycles. The Balaban J connectivity index is 1.32. The van der Waals surface area contributed by atoms with Crippen LogP contribution in [0, 0.1) is 0 Å². The topological polar surface area (TPSA) is 70.6 Å². The summed E-state index contributed by atoms with van der Waals surface area (Å²) < 4.78 is 5.38. The highest BCUT2D eigenvalue weighted by atomic mass is 16.5. The molecule has 0 bridgehead atoms. The SMILES string of the molecule is O=C(Nc1ccc(CN2CCOCC2)cn1)c1ccc(N2CCCCCC2)nc1. The van der Waals surface area contributed by atoms with E-state index >= 15 is 0 Å². The summed E-state index contributed by atoms with van der Waals surface area (Å²) in [5.41, 5.74) is 1.68. The smallest absolute Gasteiger partial charge is 0.258 e. The first-order valence-electron chi connectivity index (χ1n) is 10.6. The standard InChI is InChI=1S/C22H29N5O2/c28-22(19-6-8-21(24-16-19)27-9-3-1-2-4-10-27)25-20-7-5-18(15-23-20)17-26-11-13-29-14-12-26/h5-8,15-16H,1-4,9-14,17H2,(H,23,25,28). The first kappa shape index (κ1) is 19.8. The Bertz CT molecular complexity index is 780. The number of pyridine rings is 2. The largest absolute Gasteiger partial charge is 0.379 e. The predicted molar refractivity (Wildman–Crippen MR) is 113 cm³/mol. The maximum Gasteiger partial charge on any atom is 0.258 e. The van der Waals surface area contributed by atoms with Gasteiger partial charge < -0.3 is 15.0 Å². The van der Waals surface area contributed by atoms with Crippen LogP contribution < -0.4 is 10.2 Å². The highest BCUT2D eigenvalue weighted by Gasteiger charge is 2.14. The van der Waals surface area contributed by atoms with Crippen LogP contribution in [0.2, 0.25) is 0 Å². The molecule has 2 aromatic heterocycles. The molecule has 0 unspecified atom stereocenters. The second-order valence-electron chi connectivity index (χ2n) is 7.70. The molecule has 29 heavy (non-hydrogen) atoms. The van der Waals surface area contributed by atoms with E-state index in [2.05, 4.69) is 25.1 Å². The van der Waals surface area contributed by atoms with Gasteiger partial charge in [-0.15, -0.1) is 0 Å². The minimum atomic E-state index is -0.187. The quantitative estimate of drug-likeness (QED) is 0.839. The first-order valence-corrected chi connectivity index (χ1v) is 10.6. The highest BCUT2D eigenvalue weighted by molar-refractivity contribution is 6.03. The lowest BCUT2D eigenvalue weighted by Gasteiger charge is -2.26. The number of ether oxygens (including phenoxy) is 1. The Morgan fingerprint density at radius 2 is 1.72 bits per heavy atom. The van der Waals surface area contributed by atoms with Gasteiger partial charge in [-0.1, -0.05) is 18.9 Å². The van der Waals surface area contributed by atoms with E-state index in [1.165, 1.54) is 25.7 Å². The van der Waals surface area contributed by atoms with Gasteiger partial charge in [-0.2, -0.15) is 0 Å². The molecule has 2 aliphatic rings. The van der Waals surface area contributed by atoms with Crippen LogP contribution in [0.15, 0.2) is 36.7 Å². The van der Waals surface area contributed by atoms with Crippen molar-refractivity contribution in [2.75, 3.05) is 49.6 Å². The maximum atomic E-state index is 12.5. The number of aromatic nitrogens is 2. The summed E-state index contributed by atoms with van der Waals surface area (Å²) in [6, 6.07) is 7.65. The molecule has 2 fully saturated rings. The van der Waals surface area contributed by atoms with E-state index in [1.807, 2.05) is 30.5 Å². The number of rotatable bonds is 5. The van der Waals surface area contributed by atoms with Crippen molar-refractivity contribution in [3.05, 3.63) is 47.8 Å². The van der Waals surface area contributed by atoms with Crippen LogP contribution in [0.1, 0.15) is 41.6 Å². The lowest BCUT2D eigenvalue weighted by molar-refractivity contribution is 0.0341. The van der Waals surface area contributed by atoms with Gasteiger partial charge in [0.1, 0.15) is 11.6 Å². The fraction of sp³-hybridized carbons (Fsp3) is 0.500. The molecule has 4 rings (SSSR count). The number of carbonyl (C=O) groups is 1. The van der Waals surface area contributed by atoms with Crippen molar-refractivity contribution < 1.29 is 9.53 Å². The van der Waals surface area contributed by atoms with Crippen molar-refractivity contribution in [3.63, 3.8) is 0 Å². The summed E-state index contributed by atoms with van der Waals surface area (Å²) >= 11 is 0. The molecule has 7 heteroatoms. The van der Waals surface area contributed by atoms with Crippen molar-refractivity contribution in [3.8, 4) is 0 Å². The van der Waals surface area contributed by atoms with Crippen LogP contribution in [0.5, 0.6) is 0 Å². The average Bonchev–Trinajstić information content (AvgIpc) is 3.06. The molecule has 2 aromatic rings. The van der Waals surface area contributed by atoms with Crippen molar-refractivity contribution in [2.24, 2.45) is 0 Å². The Hall–Kier alpha value is -2.51. The number of anilines is 2. The van der Waals surface area contributed by atoms with E-state index < -0.39 is 0 Å². The zero-order valence-corrected chi connectivity index (χ0v) is 16.8. The molecule has 0 saturated carbocycles. The molecule has 2 aliphatic heterocycles. The maximum absolute atomic E-state index is 12.5. The Morgan fingerprint density at radius 1 is 0.931 bits per heavy atom. The van der Waals surface area contributed by atoms with E-state index in [0.29, 0.717) is 11.4 Å². The van der Waals surface area contributed by atoms with Gasteiger partial charge in [-0.05, 0) is 36.6 Å². The number of nitrogens with zero attached hydrogens (tertiary/aromatic N) is 4. The summed E-state index contributed by atoms with van der Waals surface area (Å²) in [6.45, 7) is 6.39. The van der Waals surface area contributed by atoms with E-state index in [-0.39, 0.29) is 5.91 Å². The fourth-order valence-corrected chi connectivity index (χ4v) is 3.81. The lowest BCUT2D eigenvalue weighted by Crippen LogP contribution is -2.35. The minimum absolute atomic E-state index is 0.187. The number of hydrogen-bond donors (Lipinski definition) is 1. The summed E-state index contributed by atoms with van der Waals surface area (Å²) in [5, 5.41) is 2.86. The minimum Gasteiger partial charge on any atom is -0.379 e. The lowest BCUT2D eigenvalue weighted by atomic mass is 10.2. The molecule has 1 amide bonds. The third-order valence-electron chi connectivity index (χ3n) is 5.52. The number of carbonyl (C=O) groups excluding carboxylic acids is 1. The normalized spacial score (nSPS) is 18.3. The van der Waals surface area contributed by atoms with Gasteiger partial charge in [0.2, 0.25) is 0 Å². The molecule has 0 aromatic carbocycles. The van der Waals surface area contributed by atoms with E-state index in [4.69, 9.17) is 4.74 Å². The molecular weight excluding hydrogens is 366 g/mol. The summed E-state index contributed by atoms with van der Waals surface area (Å²) in [4.78, 5) is 26.1. The molecule has 7 nitrogen and oxygen atoms in total. The summed E-state index contributed by atoms with van der Waals surface area (Å²) in [6.07, 6.45) is 8.47. The molecule has 0 spiro atoms. The van der Waals surface area contributed by atoms with Crippen molar-refractivity contribution in [1.82, 2.24) is 14.9 Å². The van der Waals surface area contributed by atoms with Crippen molar-refractivity contribution in [1.29, 1.82) is 0 Å².